The number of carbonyl (C=O) groups is 2. The van der Waals surface area contributed by atoms with Crippen molar-refractivity contribution in [1.82, 2.24) is 10.0 Å². The fourth-order valence-electron chi connectivity index (χ4n) is 3.62. The molecule has 3 rings (SSSR count). The van der Waals surface area contributed by atoms with Gasteiger partial charge in [0.1, 0.15) is 11.5 Å². The average Bonchev–Trinajstić information content (AvgIpc) is 3.35. The van der Waals surface area contributed by atoms with Gasteiger partial charge in [-0.2, -0.15) is 0 Å². The van der Waals surface area contributed by atoms with Crippen molar-refractivity contribution < 1.29 is 33.3 Å². The van der Waals surface area contributed by atoms with Gasteiger partial charge in [-0.15, -0.1) is 0 Å². The van der Waals surface area contributed by atoms with Gasteiger partial charge >= 0.3 is 0 Å². The molecule has 0 unspecified atom stereocenters. The van der Waals surface area contributed by atoms with Gasteiger partial charge in [-0.1, -0.05) is 0 Å². The molecular weight excluding hydrogens is 428 g/mol. The third kappa shape index (κ3) is 4.97. The van der Waals surface area contributed by atoms with Crippen molar-refractivity contribution in [2.45, 2.75) is 6.42 Å². The Kier molecular flexibility index (Phi) is 7.66. The van der Waals surface area contributed by atoms with E-state index < -0.39 is 0 Å². The summed E-state index contributed by atoms with van der Waals surface area (Å²) >= 11 is 0. The van der Waals surface area contributed by atoms with E-state index in [1.807, 2.05) is 0 Å². The maximum absolute atomic E-state index is 13.3. The van der Waals surface area contributed by atoms with Gasteiger partial charge < -0.3 is 23.7 Å². The van der Waals surface area contributed by atoms with Crippen LogP contribution in [0.4, 0.5) is 0 Å². The third-order valence-electron chi connectivity index (χ3n) is 5.27. The monoisotopic (exact) mass is 456 g/mol. The number of hydrogen-bond donors (Lipinski definition) is 0. The largest absolute Gasteiger partial charge is 0.497 e. The molecule has 33 heavy (non-hydrogen) atoms. The summed E-state index contributed by atoms with van der Waals surface area (Å²) in [5, 5.41) is 2.85. The SMILES string of the molecule is COc1ccc(OC)c(/C=C/C(=O)N2CCCN2C(=O)c2cc(OC)c(OC)c(OC)c2)c1. The molecule has 9 nitrogen and oxygen atoms in total. The van der Waals surface area contributed by atoms with Gasteiger partial charge in [-0.25, -0.2) is 10.0 Å². The van der Waals surface area contributed by atoms with Crippen molar-refractivity contribution >= 4 is 17.9 Å². The number of nitrogens with zero attached hydrogens (tertiary/aromatic N) is 2. The Morgan fingerprint density at radius 3 is 2.00 bits per heavy atom. The van der Waals surface area contributed by atoms with Crippen molar-refractivity contribution in [3.05, 3.63) is 47.5 Å². The van der Waals surface area contributed by atoms with Crippen LogP contribution in [0.25, 0.3) is 6.08 Å². The highest BCUT2D eigenvalue weighted by molar-refractivity contribution is 5.99. The zero-order chi connectivity index (χ0) is 24.0. The molecule has 1 heterocycles. The first-order valence-electron chi connectivity index (χ1n) is 10.3. The number of amides is 2. The Labute approximate surface area is 193 Å². The summed E-state index contributed by atoms with van der Waals surface area (Å²) in [5.41, 5.74) is 1.01. The van der Waals surface area contributed by atoms with Crippen molar-refractivity contribution in [2.75, 3.05) is 48.6 Å². The first-order valence-corrected chi connectivity index (χ1v) is 10.3. The third-order valence-corrected chi connectivity index (χ3v) is 5.27. The molecule has 0 N–H and O–H groups in total. The summed E-state index contributed by atoms with van der Waals surface area (Å²) in [6.45, 7) is 0.839. The highest BCUT2D eigenvalue weighted by Gasteiger charge is 2.31. The van der Waals surface area contributed by atoms with E-state index in [4.69, 9.17) is 23.7 Å². The maximum Gasteiger partial charge on any atom is 0.272 e. The smallest absolute Gasteiger partial charge is 0.272 e. The molecule has 1 aliphatic heterocycles. The maximum atomic E-state index is 13.3. The molecule has 2 aromatic carbocycles. The summed E-state index contributed by atoms with van der Waals surface area (Å²) in [6.07, 6.45) is 3.72. The predicted molar refractivity (Wildman–Crippen MR) is 122 cm³/mol. The highest BCUT2D eigenvalue weighted by Crippen LogP contribution is 2.38. The van der Waals surface area contributed by atoms with Crippen LogP contribution in [0.3, 0.4) is 0 Å². The van der Waals surface area contributed by atoms with Crippen molar-refractivity contribution in [1.29, 1.82) is 0 Å². The Morgan fingerprint density at radius 1 is 0.788 bits per heavy atom. The molecular formula is C24H28N2O7. The standard InChI is InChI=1S/C24H28N2O7/c1-29-18-8-9-19(30-2)16(13-18)7-10-22(27)25-11-6-12-26(25)24(28)17-14-20(31-3)23(33-5)21(15-17)32-4/h7-10,13-15H,6,11-12H2,1-5H3/b10-7+. The van der Waals surface area contributed by atoms with Crippen molar-refractivity contribution in [3.8, 4) is 28.7 Å². The number of rotatable bonds is 8. The van der Waals surface area contributed by atoms with E-state index in [9.17, 15) is 9.59 Å². The first kappa shape index (κ1) is 23.8. The molecule has 0 radical (unpaired) electrons. The van der Waals surface area contributed by atoms with Crippen LogP contribution in [-0.2, 0) is 4.79 Å². The number of hydrogen-bond acceptors (Lipinski definition) is 7. The fraction of sp³-hybridized carbons (Fsp3) is 0.333. The molecule has 1 saturated heterocycles. The molecule has 2 amide bonds. The molecule has 0 aromatic heterocycles. The lowest BCUT2D eigenvalue weighted by molar-refractivity contribution is -0.134. The molecule has 9 heteroatoms. The molecule has 2 aromatic rings. The Balaban J connectivity index is 1.84. The zero-order valence-corrected chi connectivity index (χ0v) is 19.4. The molecule has 1 fully saturated rings. The minimum Gasteiger partial charge on any atom is -0.497 e. The van der Waals surface area contributed by atoms with E-state index in [0.29, 0.717) is 59.4 Å². The van der Waals surface area contributed by atoms with Gasteiger partial charge in [0.25, 0.3) is 11.8 Å². The quantitative estimate of drug-likeness (QED) is 0.565. The average molecular weight is 456 g/mol. The minimum absolute atomic E-state index is 0.321. The zero-order valence-electron chi connectivity index (χ0n) is 19.4. The predicted octanol–water partition coefficient (Wildman–Crippen LogP) is 3.03. The topological polar surface area (TPSA) is 86.8 Å². The van der Waals surface area contributed by atoms with Gasteiger partial charge in [-0.3, -0.25) is 9.59 Å². The highest BCUT2D eigenvalue weighted by atomic mass is 16.5. The summed E-state index contributed by atoms with van der Waals surface area (Å²) in [7, 11) is 7.58. The normalized spacial score (nSPS) is 13.2. The number of benzene rings is 2. The number of carbonyl (C=O) groups excluding carboxylic acids is 2. The van der Waals surface area contributed by atoms with E-state index in [-0.39, 0.29) is 11.8 Å². The van der Waals surface area contributed by atoms with Gasteiger partial charge in [-0.05, 0) is 42.8 Å². The molecule has 0 spiro atoms. The Hall–Kier alpha value is -3.88. The van der Waals surface area contributed by atoms with E-state index in [2.05, 4.69) is 0 Å². The molecule has 0 aliphatic carbocycles. The van der Waals surface area contributed by atoms with Gasteiger partial charge in [0.2, 0.25) is 5.75 Å². The Morgan fingerprint density at radius 2 is 1.42 bits per heavy atom. The number of hydrazine groups is 1. The van der Waals surface area contributed by atoms with Crippen molar-refractivity contribution in [2.24, 2.45) is 0 Å². The summed E-state index contributed by atoms with van der Waals surface area (Å²) in [4.78, 5) is 26.2. The number of ether oxygens (including phenoxy) is 5. The molecule has 176 valence electrons. The number of methoxy groups -OCH3 is 5. The van der Waals surface area contributed by atoms with E-state index in [0.717, 1.165) is 0 Å². The fourth-order valence-corrected chi connectivity index (χ4v) is 3.62. The lowest BCUT2D eigenvalue weighted by atomic mass is 10.1. The van der Waals surface area contributed by atoms with Gasteiger partial charge in [0.05, 0.1) is 35.5 Å². The lowest BCUT2D eigenvalue weighted by Gasteiger charge is -2.27. The van der Waals surface area contributed by atoms with Crippen LogP contribution in [-0.4, -0.2) is 70.5 Å². The van der Waals surface area contributed by atoms with E-state index in [1.54, 1.807) is 50.6 Å². The van der Waals surface area contributed by atoms with Crippen LogP contribution in [0.15, 0.2) is 36.4 Å². The first-order chi connectivity index (χ1) is 16.0. The summed E-state index contributed by atoms with van der Waals surface area (Å²) in [6, 6.07) is 8.45. The van der Waals surface area contributed by atoms with Gasteiger partial charge in [0.15, 0.2) is 11.5 Å². The van der Waals surface area contributed by atoms with Crippen molar-refractivity contribution in [3.63, 3.8) is 0 Å². The van der Waals surface area contributed by atoms with E-state index >= 15 is 0 Å². The summed E-state index contributed by atoms with van der Waals surface area (Å²) in [5.74, 6) is 1.70. The molecule has 0 bridgehead atoms. The van der Waals surface area contributed by atoms with Gasteiger partial charge in [0, 0.05) is 30.3 Å². The van der Waals surface area contributed by atoms with Crippen LogP contribution in [0, 0.1) is 0 Å². The second-order valence-corrected chi connectivity index (χ2v) is 7.10. The summed E-state index contributed by atoms with van der Waals surface area (Å²) < 4.78 is 26.6. The van der Waals surface area contributed by atoms with Crippen LogP contribution in [0.1, 0.15) is 22.3 Å². The second-order valence-electron chi connectivity index (χ2n) is 7.10. The van der Waals surface area contributed by atoms with Crippen LogP contribution in [0.2, 0.25) is 0 Å². The van der Waals surface area contributed by atoms with Crippen LogP contribution < -0.4 is 23.7 Å². The Bertz CT molecular complexity index is 1030. The second kappa shape index (κ2) is 10.6. The lowest BCUT2D eigenvalue weighted by Crippen LogP contribution is -2.44. The molecule has 0 saturated carbocycles. The molecule has 1 aliphatic rings. The van der Waals surface area contributed by atoms with Crippen LogP contribution >= 0.6 is 0 Å². The van der Waals surface area contributed by atoms with E-state index in [1.165, 1.54) is 37.4 Å². The minimum atomic E-state index is -0.340. The van der Waals surface area contributed by atoms with Crippen LogP contribution in [0.5, 0.6) is 28.7 Å². The molecule has 0 atom stereocenters.